The second-order valence-electron chi connectivity index (χ2n) is 3.59. The maximum atomic E-state index is 11.7. The van der Waals surface area contributed by atoms with E-state index in [0.717, 1.165) is 0 Å². The first kappa shape index (κ1) is 11.8. The fourth-order valence-corrected chi connectivity index (χ4v) is 1.47. The fourth-order valence-electron chi connectivity index (χ4n) is 1.47. The lowest BCUT2D eigenvalue weighted by Gasteiger charge is -2.05. The number of hydrogen-bond donors (Lipinski definition) is 0. The fraction of sp³-hybridized carbons (Fsp3) is 0.0714. The Balaban J connectivity index is 2.05. The highest BCUT2D eigenvalue weighted by Crippen LogP contribution is 2.10. The number of benzene rings is 1. The molecule has 0 unspecified atom stereocenters. The van der Waals surface area contributed by atoms with Crippen LogP contribution in [0, 0.1) is 11.3 Å². The van der Waals surface area contributed by atoms with Crippen molar-refractivity contribution in [1.82, 2.24) is 4.98 Å². The lowest BCUT2D eigenvalue weighted by atomic mass is 10.1. The molecule has 0 fully saturated rings. The van der Waals surface area contributed by atoms with Crippen molar-refractivity contribution in [2.45, 2.75) is 6.61 Å². The van der Waals surface area contributed by atoms with Crippen molar-refractivity contribution in [2.24, 2.45) is 0 Å². The van der Waals surface area contributed by atoms with Gasteiger partial charge in [0.2, 0.25) is 0 Å². The molecule has 2 aromatic rings. The molecular weight excluding hydrogens is 228 g/mol. The van der Waals surface area contributed by atoms with Gasteiger partial charge in [-0.1, -0.05) is 18.2 Å². The first-order chi connectivity index (χ1) is 8.81. The monoisotopic (exact) mass is 238 g/mol. The minimum Gasteiger partial charge on any atom is -0.457 e. The number of carbonyl (C=O) groups is 1. The lowest BCUT2D eigenvalue weighted by molar-refractivity contribution is 0.0472. The highest BCUT2D eigenvalue weighted by molar-refractivity contribution is 5.88. The van der Waals surface area contributed by atoms with E-state index < -0.39 is 5.97 Å². The molecule has 1 aromatic carbocycles. The number of hydrogen-bond acceptors (Lipinski definition) is 4. The van der Waals surface area contributed by atoms with E-state index in [1.165, 1.54) is 6.20 Å². The summed E-state index contributed by atoms with van der Waals surface area (Å²) in [6.45, 7) is 0.0808. The van der Waals surface area contributed by atoms with Crippen LogP contribution >= 0.6 is 0 Å². The molecule has 0 saturated carbocycles. The standard InChI is InChI=1S/C14H10N2O2/c15-8-11-4-1-2-5-13(11)10-18-14(17)12-6-3-7-16-9-12/h1-7,9H,10H2. The van der Waals surface area contributed by atoms with Crippen molar-refractivity contribution in [3.05, 3.63) is 65.5 Å². The summed E-state index contributed by atoms with van der Waals surface area (Å²) in [6, 6.07) is 12.4. The van der Waals surface area contributed by atoms with E-state index in [2.05, 4.69) is 11.1 Å². The zero-order chi connectivity index (χ0) is 12.8. The Kier molecular flexibility index (Phi) is 3.67. The van der Waals surface area contributed by atoms with Crippen molar-refractivity contribution >= 4 is 5.97 Å². The Hall–Kier alpha value is -2.67. The molecule has 0 atom stereocenters. The third-order valence-corrected chi connectivity index (χ3v) is 2.39. The Morgan fingerprint density at radius 2 is 2.11 bits per heavy atom. The van der Waals surface area contributed by atoms with Crippen LogP contribution in [0.4, 0.5) is 0 Å². The molecule has 0 amide bonds. The van der Waals surface area contributed by atoms with Crippen molar-refractivity contribution in [3.8, 4) is 6.07 Å². The average Bonchev–Trinajstić information content (AvgIpc) is 2.46. The average molecular weight is 238 g/mol. The first-order valence-corrected chi connectivity index (χ1v) is 5.36. The number of ether oxygens (including phenoxy) is 1. The maximum Gasteiger partial charge on any atom is 0.340 e. The van der Waals surface area contributed by atoms with Gasteiger partial charge < -0.3 is 4.74 Å². The maximum absolute atomic E-state index is 11.7. The molecule has 0 bridgehead atoms. The van der Waals surface area contributed by atoms with Gasteiger partial charge >= 0.3 is 5.97 Å². The van der Waals surface area contributed by atoms with Crippen LogP contribution in [-0.2, 0) is 11.3 Å². The molecule has 0 saturated heterocycles. The predicted octanol–water partition coefficient (Wildman–Crippen LogP) is 2.31. The summed E-state index contributed by atoms with van der Waals surface area (Å²) >= 11 is 0. The van der Waals surface area contributed by atoms with Crippen molar-refractivity contribution in [1.29, 1.82) is 5.26 Å². The van der Waals surface area contributed by atoms with Gasteiger partial charge in [-0.25, -0.2) is 4.79 Å². The van der Waals surface area contributed by atoms with E-state index in [9.17, 15) is 4.79 Å². The molecule has 1 aromatic heterocycles. The van der Waals surface area contributed by atoms with Crippen LogP contribution in [0.25, 0.3) is 0 Å². The van der Waals surface area contributed by atoms with Gasteiger partial charge in [-0.3, -0.25) is 4.98 Å². The van der Waals surface area contributed by atoms with Gasteiger partial charge in [-0.05, 0) is 18.2 Å². The van der Waals surface area contributed by atoms with Gasteiger partial charge in [0, 0.05) is 18.0 Å². The lowest BCUT2D eigenvalue weighted by Crippen LogP contribution is -2.06. The number of aromatic nitrogens is 1. The van der Waals surface area contributed by atoms with Gasteiger partial charge in [-0.15, -0.1) is 0 Å². The summed E-state index contributed by atoms with van der Waals surface area (Å²) in [6.07, 6.45) is 3.03. The molecule has 0 N–H and O–H groups in total. The van der Waals surface area contributed by atoms with Crippen LogP contribution in [0.15, 0.2) is 48.8 Å². The Bertz CT molecular complexity index is 588. The second-order valence-corrected chi connectivity index (χ2v) is 3.59. The van der Waals surface area contributed by atoms with Crippen LogP contribution in [0.3, 0.4) is 0 Å². The van der Waals surface area contributed by atoms with E-state index in [-0.39, 0.29) is 6.61 Å². The van der Waals surface area contributed by atoms with E-state index in [1.54, 1.807) is 42.6 Å². The summed E-state index contributed by atoms with van der Waals surface area (Å²) in [4.78, 5) is 15.5. The Labute approximate surface area is 104 Å². The first-order valence-electron chi connectivity index (χ1n) is 5.36. The molecule has 0 aliphatic rings. The molecule has 0 aliphatic heterocycles. The molecule has 18 heavy (non-hydrogen) atoms. The van der Waals surface area contributed by atoms with Crippen LogP contribution in [0.2, 0.25) is 0 Å². The number of esters is 1. The van der Waals surface area contributed by atoms with E-state index in [1.807, 2.05) is 0 Å². The summed E-state index contributed by atoms with van der Waals surface area (Å²) in [5.41, 5.74) is 1.60. The molecule has 1 heterocycles. The van der Waals surface area contributed by atoms with Crippen molar-refractivity contribution < 1.29 is 9.53 Å². The number of carbonyl (C=O) groups excluding carboxylic acids is 1. The van der Waals surface area contributed by atoms with Gasteiger partial charge in [0.25, 0.3) is 0 Å². The van der Waals surface area contributed by atoms with Gasteiger partial charge in [0.15, 0.2) is 0 Å². The number of pyridine rings is 1. The van der Waals surface area contributed by atoms with Crippen LogP contribution in [-0.4, -0.2) is 11.0 Å². The van der Waals surface area contributed by atoms with Crippen molar-refractivity contribution in [3.63, 3.8) is 0 Å². The molecular formula is C14H10N2O2. The number of nitrogens with zero attached hydrogens (tertiary/aromatic N) is 2. The molecule has 4 heteroatoms. The highest BCUT2D eigenvalue weighted by Gasteiger charge is 2.08. The molecule has 2 rings (SSSR count). The van der Waals surface area contributed by atoms with Gasteiger partial charge in [-0.2, -0.15) is 5.26 Å². The van der Waals surface area contributed by atoms with Crippen LogP contribution in [0.5, 0.6) is 0 Å². The Morgan fingerprint density at radius 3 is 2.83 bits per heavy atom. The predicted molar refractivity (Wildman–Crippen MR) is 64.5 cm³/mol. The smallest absolute Gasteiger partial charge is 0.340 e. The van der Waals surface area contributed by atoms with Crippen LogP contribution < -0.4 is 0 Å². The summed E-state index contributed by atoms with van der Waals surface area (Å²) in [7, 11) is 0. The quantitative estimate of drug-likeness (QED) is 0.770. The SMILES string of the molecule is N#Cc1ccccc1COC(=O)c1cccnc1. The topological polar surface area (TPSA) is 63.0 Å². The molecule has 0 aliphatic carbocycles. The Morgan fingerprint density at radius 1 is 1.28 bits per heavy atom. The zero-order valence-electron chi connectivity index (χ0n) is 9.54. The molecule has 88 valence electrons. The van der Waals surface area contributed by atoms with E-state index >= 15 is 0 Å². The highest BCUT2D eigenvalue weighted by atomic mass is 16.5. The van der Waals surface area contributed by atoms with Gasteiger partial charge in [0.05, 0.1) is 17.2 Å². The second kappa shape index (κ2) is 5.60. The zero-order valence-corrected chi connectivity index (χ0v) is 9.54. The van der Waals surface area contributed by atoms with E-state index in [0.29, 0.717) is 16.7 Å². The van der Waals surface area contributed by atoms with E-state index in [4.69, 9.17) is 10.00 Å². The summed E-state index contributed by atoms with van der Waals surface area (Å²) in [5, 5.41) is 8.90. The normalized spacial score (nSPS) is 9.50. The number of nitriles is 1. The molecule has 0 radical (unpaired) electrons. The third kappa shape index (κ3) is 2.71. The summed E-state index contributed by atoms with van der Waals surface area (Å²) in [5.74, 6) is -0.448. The third-order valence-electron chi connectivity index (χ3n) is 2.39. The molecule has 0 spiro atoms. The summed E-state index contributed by atoms with van der Waals surface area (Å²) < 4.78 is 5.13. The minimum atomic E-state index is -0.448. The van der Waals surface area contributed by atoms with Gasteiger partial charge in [0.1, 0.15) is 6.61 Å². The van der Waals surface area contributed by atoms with Crippen LogP contribution in [0.1, 0.15) is 21.5 Å². The van der Waals surface area contributed by atoms with Crippen molar-refractivity contribution in [2.75, 3.05) is 0 Å². The number of rotatable bonds is 3. The largest absolute Gasteiger partial charge is 0.457 e. The minimum absolute atomic E-state index is 0.0808. The molecule has 4 nitrogen and oxygen atoms in total.